The summed E-state index contributed by atoms with van der Waals surface area (Å²) in [5, 5.41) is 6.45. The number of hydrogen-bond donors (Lipinski definition) is 0. The molecule has 210 valence electrons. The Morgan fingerprint density at radius 2 is 1.04 bits per heavy atom. The van der Waals surface area contributed by atoms with Crippen molar-refractivity contribution in [3.63, 3.8) is 0 Å². The van der Waals surface area contributed by atoms with E-state index in [1.165, 1.54) is 0 Å². The Balaban J connectivity index is 1.31. The van der Waals surface area contributed by atoms with Gasteiger partial charge < -0.3 is 8.83 Å². The second-order valence-corrected chi connectivity index (χ2v) is 11.2. The van der Waals surface area contributed by atoms with Crippen LogP contribution in [0.4, 0.5) is 0 Å². The highest BCUT2D eigenvalue weighted by Gasteiger charge is 2.22. The summed E-state index contributed by atoms with van der Waals surface area (Å²) in [6.45, 7) is 0. The highest BCUT2D eigenvalue weighted by Crippen LogP contribution is 2.40. The molecule has 45 heavy (non-hydrogen) atoms. The van der Waals surface area contributed by atoms with Gasteiger partial charge in [-0.05, 0) is 42.5 Å². The second-order valence-electron chi connectivity index (χ2n) is 11.2. The van der Waals surface area contributed by atoms with Gasteiger partial charge in [0.1, 0.15) is 22.3 Å². The number of nitrogens with zero attached hydrogens (tertiary/aromatic N) is 4. The SMILES string of the molecule is c1ccc(-c2nc(-c3ccc4c(c3)oc3ccccc34)nc(-n3c4ccccc4c4ccc5oc6ccccc6c5c43)n2)cc1. The van der Waals surface area contributed by atoms with Crippen LogP contribution in [0.25, 0.3) is 94.4 Å². The summed E-state index contributed by atoms with van der Waals surface area (Å²) in [6, 6.07) is 45.1. The zero-order valence-electron chi connectivity index (χ0n) is 23.8. The van der Waals surface area contributed by atoms with Crippen molar-refractivity contribution in [1.82, 2.24) is 19.5 Å². The number of furan rings is 2. The molecular weight excluding hydrogens is 556 g/mol. The molecule has 4 heterocycles. The van der Waals surface area contributed by atoms with Gasteiger partial charge in [-0.1, -0.05) is 91.0 Å². The van der Waals surface area contributed by atoms with E-state index >= 15 is 0 Å². The van der Waals surface area contributed by atoms with Crippen LogP contribution in [0.5, 0.6) is 0 Å². The van der Waals surface area contributed by atoms with Crippen LogP contribution in [0.15, 0.2) is 142 Å². The van der Waals surface area contributed by atoms with Crippen molar-refractivity contribution < 1.29 is 8.83 Å². The molecule has 0 bridgehead atoms. The van der Waals surface area contributed by atoms with Crippen molar-refractivity contribution in [3.8, 4) is 28.7 Å². The van der Waals surface area contributed by atoms with Gasteiger partial charge in [-0.15, -0.1) is 0 Å². The predicted molar refractivity (Wildman–Crippen MR) is 180 cm³/mol. The van der Waals surface area contributed by atoms with E-state index in [1.54, 1.807) is 0 Å². The van der Waals surface area contributed by atoms with Crippen LogP contribution in [-0.4, -0.2) is 19.5 Å². The summed E-state index contributed by atoms with van der Waals surface area (Å²) >= 11 is 0. The maximum absolute atomic E-state index is 6.32. The maximum Gasteiger partial charge on any atom is 0.238 e. The first kappa shape index (κ1) is 24.2. The maximum atomic E-state index is 6.32. The van der Waals surface area contributed by atoms with E-state index in [9.17, 15) is 0 Å². The van der Waals surface area contributed by atoms with E-state index in [0.29, 0.717) is 17.6 Å². The van der Waals surface area contributed by atoms with Gasteiger partial charge in [0.15, 0.2) is 11.6 Å². The van der Waals surface area contributed by atoms with Gasteiger partial charge >= 0.3 is 0 Å². The Kier molecular flexibility index (Phi) is 4.90. The number of para-hydroxylation sites is 3. The van der Waals surface area contributed by atoms with E-state index in [2.05, 4.69) is 65.2 Å². The van der Waals surface area contributed by atoms with Crippen LogP contribution in [-0.2, 0) is 0 Å². The molecule has 10 rings (SSSR count). The van der Waals surface area contributed by atoms with Crippen molar-refractivity contribution in [2.75, 3.05) is 0 Å². The summed E-state index contributed by atoms with van der Waals surface area (Å²) in [6.07, 6.45) is 0. The number of hydrogen-bond acceptors (Lipinski definition) is 5. The molecule has 0 saturated carbocycles. The van der Waals surface area contributed by atoms with Crippen LogP contribution in [0.2, 0.25) is 0 Å². The zero-order chi connectivity index (χ0) is 29.5. The molecular formula is C39H22N4O2. The molecule has 0 atom stereocenters. The van der Waals surface area contributed by atoms with Gasteiger partial charge in [0, 0.05) is 38.1 Å². The number of benzene rings is 6. The molecule has 0 aliphatic heterocycles. The van der Waals surface area contributed by atoms with Gasteiger partial charge in [0.05, 0.1) is 16.4 Å². The second kappa shape index (κ2) is 9.11. The van der Waals surface area contributed by atoms with Crippen molar-refractivity contribution in [3.05, 3.63) is 133 Å². The smallest absolute Gasteiger partial charge is 0.238 e. The summed E-state index contributed by atoms with van der Waals surface area (Å²) in [4.78, 5) is 15.3. The third-order valence-corrected chi connectivity index (χ3v) is 8.67. The van der Waals surface area contributed by atoms with Crippen molar-refractivity contribution in [2.24, 2.45) is 0 Å². The van der Waals surface area contributed by atoms with E-state index in [1.807, 2.05) is 72.8 Å². The fourth-order valence-corrected chi connectivity index (χ4v) is 6.65. The lowest BCUT2D eigenvalue weighted by molar-refractivity contribution is 0.668. The monoisotopic (exact) mass is 578 g/mol. The molecule has 6 nitrogen and oxygen atoms in total. The van der Waals surface area contributed by atoms with Crippen LogP contribution in [0, 0.1) is 0 Å². The molecule has 0 unspecified atom stereocenters. The van der Waals surface area contributed by atoms with Crippen LogP contribution in [0.1, 0.15) is 0 Å². The van der Waals surface area contributed by atoms with Gasteiger partial charge in [-0.2, -0.15) is 9.97 Å². The normalized spacial score (nSPS) is 12.0. The highest BCUT2D eigenvalue weighted by atomic mass is 16.3. The van der Waals surface area contributed by atoms with Crippen LogP contribution in [0.3, 0.4) is 0 Å². The largest absolute Gasteiger partial charge is 0.456 e. The Labute approximate surface area is 255 Å². The van der Waals surface area contributed by atoms with Crippen LogP contribution >= 0.6 is 0 Å². The third kappa shape index (κ3) is 3.53. The molecule has 6 aromatic carbocycles. The predicted octanol–water partition coefficient (Wildman–Crippen LogP) is 10.1. The molecule has 0 amide bonds. The molecule has 0 aliphatic rings. The van der Waals surface area contributed by atoms with E-state index in [0.717, 1.165) is 76.8 Å². The first-order chi connectivity index (χ1) is 22.3. The third-order valence-electron chi connectivity index (χ3n) is 8.67. The minimum absolute atomic E-state index is 0.535. The van der Waals surface area contributed by atoms with Crippen LogP contribution < -0.4 is 0 Å². The number of fused-ring (bicyclic) bond motifs is 10. The Hall–Kier alpha value is -6.27. The molecule has 0 fully saturated rings. The topological polar surface area (TPSA) is 69.9 Å². The van der Waals surface area contributed by atoms with Gasteiger partial charge in [-0.3, -0.25) is 4.57 Å². The standard InChI is InChI=1S/C39H22N4O2/c1-2-10-23(11-3-1)37-40-38(24-18-19-27-26-13-5-8-16-31(26)45-34(27)22-24)42-39(41-37)43-30-15-7-4-12-25(30)28-20-21-33-35(36(28)43)29-14-6-9-17-32(29)44-33/h1-22H. The van der Waals surface area contributed by atoms with E-state index < -0.39 is 0 Å². The zero-order valence-corrected chi connectivity index (χ0v) is 23.8. The summed E-state index contributed by atoms with van der Waals surface area (Å²) in [7, 11) is 0. The summed E-state index contributed by atoms with van der Waals surface area (Å²) < 4.78 is 14.7. The molecule has 6 heteroatoms. The minimum Gasteiger partial charge on any atom is -0.456 e. The molecule has 10 aromatic rings. The lowest BCUT2D eigenvalue weighted by Gasteiger charge is -2.11. The Morgan fingerprint density at radius 1 is 0.422 bits per heavy atom. The van der Waals surface area contributed by atoms with Gasteiger partial charge in [0.25, 0.3) is 0 Å². The summed E-state index contributed by atoms with van der Waals surface area (Å²) in [5.41, 5.74) is 7.08. The summed E-state index contributed by atoms with van der Waals surface area (Å²) in [5.74, 6) is 1.69. The quantitative estimate of drug-likeness (QED) is 0.209. The fraction of sp³-hybridized carbons (Fsp3) is 0. The molecule has 0 spiro atoms. The Morgan fingerprint density at radius 3 is 1.89 bits per heavy atom. The average Bonchev–Trinajstić information content (AvgIpc) is 3.77. The first-order valence-corrected chi connectivity index (χ1v) is 14.9. The molecule has 0 saturated heterocycles. The molecule has 0 radical (unpaired) electrons. The number of rotatable bonds is 3. The van der Waals surface area contributed by atoms with E-state index in [-0.39, 0.29) is 0 Å². The van der Waals surface area contributed by atoms with Crippen molar-refractivity contribution in [1.29, 1.82) is 0 Å². The minimum atomic E-state index is 0.535. The van der Waals surface area contributed by atoms with Crippen molar-refractivity contribution >= 4 is 65.7 Å². The van der Waals surface area contributed by atoms with E-state index in [4.69, 9.17) is 23.8 Å². The number of aromatic nitrogens is 4. The lowest BCUT2D eigenvalue weighted by Crippen LogP contribution is -2.06. The first-order valence-electron chi connectivity index (χ1n) is 14.9. The molecule has 0 N–H and O–H groups in total. The average molecular weight is 579 g/mol. The van der Waals surface area contributed by atoms with Crippen molar-refractivity contribution in [2.45, 2.75) is 0 Å². The fourth-order valence-electron chi connectivity index (χ4n) is 6.65. The molecule has 0 aliphatic carbocycles. The van der Waals surface area contributed by atoms with Gasteiger partial charge in [0.2, 0.25) is 5.95 Å². The highest BCUT2D eigenvalue weighted by molar-refractivity contribution is 6.24. The van der Waals surface area contributed by atoms with Gasteiger partial charge in [-0.25, -0.2) is 4.98 Å². The Bertz CT molecular complexity index is 2770. The molecule has 4 aromatic heterocycles. The lowest BCUT2D eigenvalue weighted by atomic mass is 10.1.